The van der Waals surface area contributed by atoms with Crippen molar-refractivity contribution in [2.24, 2.45) is 0 Å². The average Bonchev–Trinajstić information content (AvgIpc) is 2.74. The van der Waals surface area contributed by atoms with E-state index >= 15 is 0 Å². The van der Waals surface area contributed by atoms with Crippen LogP contribution >= 0.6 is 15.9 Å². The molecule has 3 rings (SSSR count). The van der Waals surface area contributed by atoms with Gasteiger partial charge in [-0.15, -0.1) is 0 Å². The molecule has 0 aliphatic heterocycles. The van der Waals surface area contributed by atoms with Crippen LogP contribution in [-0.2, 0) is 6.54 Å². The summed E-state index contributed by atoms with van der Waals surface area (Å²) in [7, 11) is 0. The molecule has 0 aliphatic carbocycles. The molecule has 0 atom stereocenters. The second-order valence-corrected chi connectivity index (χ2v) is 7.19. The lowest BCUT2D eigenvalue weighted by atomic mass is 10.1. The van der Waals surface area contributed by atoms with Crippen molar-refractivity contribution < 1.29 is 14.3 Å². The summed E-state index contributed by atoms with van der Waals surface area (Å²) < 4.78 is 6.32. The zero-order chi connectivity index (χ0) is 20.6. The van der Waals surface area contributed by atoms with Crippen molar-refractivity contribution in [1.82, 2.24) is 5.32 Å². The van der Waals surface area contributed by atoms with Gasteiger partial charge in [0.2, 0.25) is 0 Å². The molecule has 0 fully saturated rings. The van der Waals surface area contributed by atoms with E-state index < -0.39 is 0 Å². The Morgan fingerprint density at radius 3 is 2.34 bits per heavy atom. The van der Waals surface area contributed by atoms with Gasteiger partial charge in [0, 0.05) is 22.3 Å². The summed E-state index contributed by atoms with van der Waals surface area (Å²) in [5, 5.41) is 5.72. The van der Waals surface area contributed by atoms with Crippen LogP contribution in [0.25, 0.3) is 0 Å². The largest absolute Gasteiger partial charge is 0.493 e. The summed E-state index contributed by atoms with van der Waals surface area (Å²) >= 11 is 3.38. The number of nitrogens with one attached hydrogen (secondary N) is 2. The van der Waals surface area contributed by atoms with Gasteiger partial charge in [0.05, 0.1) is 12.2 Å². The highest BCUT2D eigenvalue weighted by molar-refractivity contribution is 9.10. The molecule has 148 valence electrons. The molecule has 0 heterocycles. The van der Waals surface area contributed by atoms with Crippen LogP contribution in [0.4, 0.5) is 5.69 Å². The van der Waals surface area contributed by atoms with Gasteiger partial charge in [-0.2, -0.15) is 0 Å². The van der Waals surface area contributed by atoms with Gasteiger partial charge in [-0.25, -0.2) is 0 Å². The van der Waals surface area contributed by atoms with Crippen LogP contribution < -0.4 is 15.4 Å². The van der Waals surface area contributed by atoms with E-state index in [0.29, 0.717) is 35.7 Å². The number of amides is 2. The molecule has 29 heavy (non-hydrogen) atoms. The Hall–Kier alpha value is -3.12. The van der Waals surface area contributed by atoms with Crippen LogP contribution in [0.15, 0.2) is 77.3 Å². The normalized spacial score (nSPS) is 10.3. The van der Waals surface area contributed by atoms with Crippen LogP contribution in [0.1, 0.15) is 33.2 Å². The molecule has 0 spiro atoms. The fraction of sp³-hybridized carbons (Fsp3) is 0.130. The van der Waals surface area contributed by atoms with Crippen molar-refractivity contribution in [3.63, 3.8) is 0 Å². The number of hydrogen-bond donors (Lipinski definition) is 2. The van der Waals surface area contributed by atoms with Crippen molar-refractivity contribution in [2.75, 3.05) is 11.9 Å². The zero-order valence-corrected chi connectivity index (χ0v) is 17.5. The van der Waals surface area contributed by atoms with E-state index in [1.165, 1.54) is 0 Å². The van der Waals surface area contributed by atoms with Gasteiger partial charge in [-0.05, 0) is 55.0 Å². The number of rotatable bonds is 7. The van der Waals surface area contributed by atoms with Crippen molar-refractivity contribution in [3.05, 3.63) is 94.0 Å². The number of carbonyl (C=O) groups is 2. The first kappa shape index (κ1) is 20.6. The summed E-state index contributed by atoms with van der Waals surface area (Å²) in [4.78, 5) is 25.0. The highest BCUT2D eigenvalue weighted by Crippen LogP contribution is 2.24. The van der Waals surface area contributed by atoms with Gasteiger partial charge in [0.1, 0.15) is 5.75 Å². The Balaban J connectivity index is 1.64. The fourth-order valence-electron chi connectivity index (χ4n) is 2.74. The molecule has 0 radical (unpaired) electrons. The second kappa shape index (κ2) is 9.89. The number of anilines is 1. The first-order valence-corrected chi connectivity index (χ1v) is 10.0. The molecule has 0 aromatic heterocycles. The Morgan fingerprint density at radius 1 is 0.931 bits per heavy atom. The molecule has 0 saturated carbocycles. The van der Waals surface area contributed by atoms with E-state index in [-0.39, 0.29) is 11.8 Å². The number of hydrogen-bond acceptors (Lipinski definition) is 3. The standard InChI is InChI=1S/C23H21BrN2O3/c1-2-29-21-13-10-18(24)14-20(21)23(28)26-19-11-8-17(9-12-19)22(27)25-15-16-6-4-3-5-7-16/h3-14H,2,15H2,1H3,(H,25,27)(H,26,28). The third-order valence-corrected chi connectivity index (χ3v) is 4.68. The maximum absolute atomic E-state index is 12.6. The van der Waals surface area contributed by atoms with E-state index in [0.717, 1.165) is 10.0 Å². The predicted octanol–water partition coefficient (Wildman–Crippen LogP) is 5.03. The Morgan fingerprint density at radius 2 is 1.66 bits per heavy atom. The van der Waals surface area contributed by atoms with Crippen LogP contribution in [-0.4, -0.2) is 18.4 Å². The molecule has 0 bridgehead atoms. The molecule has 3 aromatic carbocycles. The number of halogens is 1. The first-order valence-electron chi connectivity index (χ1n) is 9.22. The number of ether oxygens (including phenoxy) is 1. The quantitative estimate of drug-likeness (QED) is 0.528. The average molecular weight is 453 g/mol. The predicted molar refractivity (Wildman–Crippen MR) is 117 cm³/mol. The maximum atomic E-state index is 12.6. The lowest BCUT2D eigenvalue weighted by molar-refractivity contribution is 0.0950. The minimum absolute atomic E-state index is 0.169. The highest BCUT2D eigenvalue weighted by Gasteiger charge is 2.14. The lowest BCUT2D eigenvalue weighted by Gasteiger charge is -2.11. The number of carbonyl (C=O) groups excluding carboxylic acids is 2. The Labute approximate surface area is 178 Å². The van der Waals surface area contributed by atoms with Gasteiger partial charge in [-0.1, -0.05) is 46.3 Å². The van der Waals surface area contributed by atoms with Gasteiger partial charge in [-0.3, -0.25) is 9.59 Å². The van der Waals surface area contributed by atoms with Crippen molar-refractivity contribution in [3.8, 4) is 5.75 Å². The van der Waals surface area contributed by atoms with Crippen molar-refractivity contribution >= 4 is 33.4 Å². The summed E-state index contributed by atoms with van der Waals surface area (Å²) in [6, 6.07) is 21.8. The molecule has 3 aromatic rings. The molecule has 0 aliphatic rings. The summed E-state index contributed by atoms with van der Waals surface area (Å²) in [5.74, 6) is 0.0680. The van der Waals surface area contributed by atoms with Crippen LogP contribution in [0.3, 0.4) is 0 Å². The molecule has 2 amide bonds. The fourth-order valence-corrected chi connectivity index (χ4v) is 3.11. The second-order valence-electron chi connectivity index (χ2n) is 6.27. The molecule has 2 N–H and O–H groups in total. The molecule has 6 heteroatoms. The van der Waals surface area contributed by atoms with Crippen LogP contribution in [0, 0.1) is 0 Å². The molecular weight excluding hydrogens is 432 g/mol. The maximum Gasteiger partial charge on any atom is 0.259 e. The van der Waals surface area contributed by atoms with E-state index in [2.05, 4.69) is 26.6 Å². The van der Waals surface area contributed by atoms with Crippen LogP contribution in [0.5, 0.6) is 5.75 Å². The summed E-state index contributed by atoms with van der Waals surface area (Å²) in [5.41, 5.74) is 2.59. The molecular formula is C23H21BrN2O3. The van der Waals surface area contributed by atoms with Gasteiger partial charge < -0.3 is 15.4 Å². The van der Waals surface area contributed by atoms with Gasteiger partial charge >= 0.3 is 0 Å². The minimum atomic E-state index is -0.281. The monoisotopic (exact) mass is 452 g/mol. The van der Waals surface area contributed by atoms with E-state index in [4.69, 9.17) is 4.74 Å². The van der Waals surface area contributed by atoms with E-state index in [9.17, 15) is 9.59 Å². The Bertz CT molecular complexity index is 989. The van der Waals surface area contributed by atoms with Gasteiger partial charge in [0.25, 0.3) is 11.8 Å². The Kier molecular flexibility index (Phi) is 7.03. The lowest BCUT2D eigenvalue weighted by Crippen LogP contribution is -2.22. The van der Waals surface area contributed by atoms with Crippen LogP contribution in [0.2, 0.25) is 0 Å². The van der Waals surface area contributed by atoms with Gasteiger partial charge in [0.15, 0.2) is 0 Å². The van der Waals surface area contributed by atoms with Crippen molar-refractivity contribution in [2.45, 2.75) is 13.5 Å². The smallest absolute Gasteiger partial charge is 0.259 e. The molecule has 0 saturated heterocycles. The molecule has 5 nitrogen and oxygen atoms in total. The van der Waals surface area contributed by atoms with Crippen molar-refractivity contribution in [1.29, 1.82) is 0 Å². The zero-order valence-electron chi connectivity index (χ0n) is 15.9. The molecule has 0 unspecified atom stereocenters. The SMILES string of the molecule is CCOc1ccc(Br)cc1C(=O)Nc1ccc(C(=O)NCc2ccccc2)cc1. The third kappa shape index (κ3) is 5.68. The minimum Gasteiger partial charge on any atom is -0.493 e. The topological polar surface area (TPSA) is 67.4 Å². The summed E-state index contributed by atoms with van der Waals surface area (Å²) in [6.07, 6.45) is 0. The summed E-state index contributed by atoms with van der Waals surface area (Å²) in [6.45, 7) is 2.79. The first-order chi connectivity index (χ1) is 14.1. The van der Waals surface area contributed by atoms with E-state index in [1.807, 2.05) is 43.3 Å². The number of benzene rings is 3. The highest BCUT2D eigenvalue weighted by atomic mass is 79.9. The van der Waals surface area contributed by atoms with E-state index in [1.54, 1.807) is 36.4 Å². The third-order valence-electron chi connectivity index (χ3n) is 4.19.